The van der Waals surface area contributed by atoms with Gasteiger partial charge in [0.2, 0.25) is 10.0 Å². The lowest BCUT2D eigenvalue weighted by molar-refractivity contribution is -0.124. The SMILES string of the molecule is Cc1ccc(S(=O)(=O)N2CC[C@@H](Nc3ncc(/C=C/C(=O)NO)cc3Cl)C2)cc1. The van der Waals surface area contributed by atoms with E-state index in [1.165, 1.54) is 22.1 Å². The molecule has 1 saturated heterocycles. The van der Waals surface area contributed by atoms with Crippen molar-refractivity contribution in [1.29, 1.82) is 0 Å². The van der Waals surface area contributed by atoms with E-state index in [0.717, 1.165) is 11.6 Å². The van der Waals surface area contributed by atoms with E-state index in [9.17, 15) is 13.2 Å². The van der Waals surface area contributed by atoms with Crippen LogP contribution >= 0.6 is 11.6 Å². The maximum absolute atomic E-state index is 12.8. The summed E-state index contributed by atoms with van der Waals surface area (Å²) in [5, 5.41) is 12.0. The molecule has 8 nitrogen and oxygen atoms in total. The maximum atomic E-state index is 12.8. The number of aromatic nitrogens is 1. The van der Waals surface area contributed by atoms with Crippen molar-refractivity contribution in [3.05, 3.63) is 58.8 Å². The molecule has 29 heavy (non-hydrogen) atoms. The molecule has 0 radical (unpaired) electrons. The molecule has 1 aliphatic heterocycles. The summed E-state index contributed by atoms with van der Waals surface area (Å²) in [7, 11) is -3.54. The Hall–Kier alpha value is -2.46. The van der Waals surface area contributed by atoms with Gasteiger partial charge in [-0.05, 0) is 43.2 Å². The first-order valence-electron chi connectivity index (χ1n) is 8.90. The minimum atomic E-state index is -3.54. The number of benzene rings is 1. The molecule has 1 aromatic heterocycles. The first-order valence-corrected chi connectivity index (χ1v) is 10.7. The molecule has 3 rings (SSSR count). The Morgan fingerprint density at radius 3 is 2.72 bits per heavy atom. The third kappa shape index (κ3) is 5.13. The number of nitrogens with one attached hydrogen (secondary N) is 2. The highest BCUT2D eigenvalue weighted by Gasteiger charge is 2.32. The molecule has 0 spiro atoms. The van der Waals surface area contributed by atoms with Gasteiger partial charge in [0.05, 0.1) is 9.92 Å². The molecule has 0 aliphatic carbocycles. The highest BCUT2D eigenvalue weighted by molar-refractivity contribution is 7.89. The minimum absolute atomic E-state index is 0.123. The van der Waals surface area contributed by atoms with Crippen LogP contribution in [0.15, 0.2) is 47.5 Å². The van der Waals surface area contributed by atoms with Crippen LogP contribution in [0.1, 0.15) is 17.5 Å². The predicted octanol–water partition coefficient (Wildman–Crippen LogP) is 2.44. The zero-order valence-corrected chi connectivity index (χ0v) is 17.2. The number of rotatable bonds is 6. The van der Waals surface area contributed by atoms with Crippen LogP contribution in [0.5, 0.6) is 0 Å². The second-order valence-electron chi connectivity index (χ2n) is 6.71. The van der Waals surface area contributed by atoms with Crippen molar-refractivity contribution in [3.63, 3.8) is 0 Å². The fraction of sp³-hybridized carbons (Fsp3) is 0.263. The van der Waals surface area contributed by atoms with Crippen molar-refractivity contribution in [1.82, 2.24) is 14.8 Å². The van der Waals surface area contributed by atoms with Crippen LogP contribution < -0.4 is 10.8 Å². The van der Waals surface area contributed by atoms with Gasteiger partial charge in [-0.1, -0.05) is 29.3 Å². The number of hydrogen-bond acceptors (Lipinski definition) is 6. The molecule has 1 amide bonds. The zero-order chi connectivity index (χ0) is 21.0. The topological polar surface area (TPSA) is 112 Å². The van der Waals surface area contributed by atoms with Crippen molar-refractivity contribution in [3.8, 4) is 0 Å². The molecule has 154 valence electrons. The predicted molar refractivity (Wildman–Crippen MR) is 110 cm³/mol. The van der Waals surface area contributed by atoms with Gasteiger partial charge in [0.1, 0.15) is 5.82 Å². The summed E-state index contributed by atoms with van der Waals surface area (Å²) in [6, 6.07) is 8.29. The fourth-order valence-electron chi connectivity index (χ4n) is 2.98. The highest BCUT2D eigenvalue weighted by Crippen LogP contribution is 2.26. The molecule has 0 saturated carbocycles. The molecule has 2 heterocycles. The molecule has 1 aliphatic rings. The van der Waals surface area contributed by atoms with Crippen LogP contribution in [-0.2, 0) is 14.8 Å². The molecule has 3 N–H and O–H groups in total. The minimum Gasteiger partial charge on any atom is -0.365 e. The van der Waals surface area contributed by atoms with Gasteiger partial charge in [0.15, 0.2) is 0 Å². The number of anilines is 1. The third-order valence-electron chi connectivity index (χ3n) is 4.55. The van der Waals surface area contributed by atoms with E-state index in [4.69, 9.17) is 16.8 Å². The van der Waals surface area contributed by atoms with Crippen molar-refractivity contribution >= 4 is 39.4 Å². The van der Waals surface area contributed by atoms with Crippen LogP contribution in [0.3, 0.4) is 0 Å². The Labute approximate surface area is 174 Å². The number of hydroxylamine groups is 1. The van der Waals surface area contributed by atoms with Crippen molar-refractivity contribution in [2.24, 2.45) is 0 Å². The average molecular weight is 437 g/mol. The summed E-state index contributed by atoms with van der Waals surface area (Å²) in [6.07, 6.45) is 4.75. The van der Waals surface area contributed by atoms with E-state index in [1.807, 2.05) is 6.92 Å². The standard InChI is InChI=1S/C19H21ClN4O4S/c1-13-2-5-16(6-3-13)29(27,28)24-9-8-15(12-24)22-19-17(20)10-14(11-21-19)4-7-18(25)23-26/h2-7,10-11,15,26H,8-9,12H2,1H3,(H,21,22)(H,23,25)/b7-4+/t15-/m1/s1. The molecule has 1 atom stereocenters. The molecule has 2 aromatic rings. The van der Waals surface area contributed by atoms with E-state index in [-0.39, 0.29) is 10.9 Å². The Balaban J connectivity index is 1.66. The van der Waals surface area contributed by atoms with Gasteiger partial charge in [-0.3, -0.25) is 10.0 Å². The van der Waals surface area contributed by atoms with Crippen molar-refractivity contribution in [2.75, 3.05) is 18.4 Å². The van der Waals surface area contributed by atoms with Gasteiger partial charge >= 0.3 is 0 Å². The average Bonchev–Trinajstić information content (AvgIpc) is 3.18. The van der Waals surface area contributed by atoms with Crippen LogP contribution in [0.4, 0.5) is 5.82 Å². The van der Waals surface area contributed by atoms with E-state index in [1.54, 1.807) is 30.3 Å². The number of hydrogen-bond donors (Lipinski definition) is 3. The van der Waals surface area contributed by atoms with Crippen LogP contribution in [0.2, 0.25) is 5.02 Å². The lowest BCUT2D eigenvalue weighted by Crippen LogP contribution is -2.31. The van der Waals surface area contributed by atoms with Gasteiger partial charge in [0.25, 0.3) is 5.91 Å². The number of carbonyl (C=O) groups is 1. The molecular formula is C19H21ClN4O4S. The number of pyridine rings is 1. The quantitative estimate of drug-likeness (QED) is 0.364. The number of nitrogens with zero attached hydrogens (tertiary/aromatic N) is 2. The maximum Gasteiger partial charge on any atom is 0.267 e. The summed E-state index contributed by atoms with van der Waals surface area (Å²) in [5.41, 5.74) is 3.08. The molecular weight excluding hydrogens is 416 g/mol. The first-order chi connectivity index (χ1) is 13.8. The van der Waals surface area contributed by atoms with Gasteiger partial charge in [-0.2, -0.15) is 4.31 Å². The normalized spacial score (nSPS) is 17.6. The lowest BCUT2D eigenvalue weighted by Gasteiger charge is -2.18. The third-order valence-corrected chi connectivity index (χ3v) is 6.72. The largest absolute Gasteiger partial charge is 0.365 e. The van der Waals surface area contributed by atoms with E-state index >= 15 is 0 Å². The summed E-state index contributed by atoms with van der Waals surface area (Å²) < 4.78 is 27.1. The number of aryl methyl sites for hydroxylation is 1. The van der Waals surface area contributed by atoms with E-state index in [0.29, 0.717) is 35.9 Å². The molecule has 10 heteroatoms. The van der Waals surface area contributed by atoms with E-state index in [2.05, 4.69) is 10.3 Å². The lowest BCUT2D eigenvalue weighted by atomic mass is 10.2. The second-order valence-corrected chi connectivity index (χ2v) is 9.06. The van der Waals surface area contributed by atoms with E-state index < -0.39 is 15.9 Å². The monoisotopic (exact) mass is 436 g/mol. The summed E-state index contributed by atoms with van der Waals surface area (Å²) in [6.45, 7) is 2.63. The molecule has 0 bridgehead atoms. The number of halogens is 1. The number of carbonyl (C=O) groups excluding carboxylic acids is 1. The van der Waals surface area contributed by atoms with Gasteiger partial charge in [0, 0.05) is 31.4 Å². The van der Waals surface area contributed by atoms with Crippen LogP contribution in [0.25, 0.3) is 6.08 Å². The zero-order valence-electron chi connectivity index (χ0n) is 15.7. The summed E-state index contributed by atoms with van der Waals surface area (Å²) in [5.74, 6) is -0.223. The number of sulfonamides is 1. The Morgan fingerprint density at radius 2 is 2.07 bits per heavy atom. The summed E-state index contributed by atoms with van der Waals surface area (Å²) >= 11 is 6.25. The van der Waals surface area contributed by atoms with Gasteiger partial charge in [-0.15, -0.1) is 0 Å². The van der Waals surface area contributed by atoms with Crippen LogP contribution in [-0.4, -0.2) is 48.0 Å². The number of amides is 1. The van der Waals surface area contributed by atoms with Crippen LogP contribution in [0, 0.1) is 6.92 Å². The fourth-order valence-corrected chi connectivity index (χ4v) is 4.71. The Bertz CT molecular complexity index is 1030. The highest BCUT2D eigenvalue weighted by atomic mass is 35.5. The summed E-state index contributed by atoms with van der Waals surface area (Å²) in [4.78, 5) is 15.6. The van der Waals surface area contributed by atoms with Crippen molar-refractivity contribution < 1.29 is 18.4 Å². The Kier molecular flexibility index (Phi) is 6.53. The van der Waals surface area contributed by atoms with Gasteiger partial charge in [-0.25, -0.2) is 18.9 Å². The smallest absolute Gasteiger partial charge is 0.267 e. The first kappa shape index (κ1) is 21.3. The van der Waals surface area contributed by atoms with Crippen molar-refractivity contribution in [2.45, 2.75) is 24.3 Å². The second kappa shape index (κ2) is 8.91. The molecule has 0 unspecified atom stereocenters. The Morgan fingerprint density at radius 1 is 1.34 bits per heavy atom. The molecule has 1 fully saturated rings. The molecule has 1 aromatic carbocycles. The van der Waals surface area contributed by atoms with Gasteiger partial charge < -0.3 is 5.32 Å².